The van der Waals surface area contributed by atoms with Gasteiger partial charge in [0, 0.05) is 12.2 Å². The Morgan fingerprint density at radius 3 is 2.17 bits per heavy atom. The van der Waals surface area contributed by atoms with Gasteiger partial charge in [-0.3, -0.25) is 0 Å². The van der Waals surface area contributed by atoms with E-state index in [9.17, 15) is 0 Å². The van der Waals surface area contributed by atoms with Crippen LogP contribution >= 0.6 is 24.8 Å². The Hall–Kier alpha value is -0.580. The molecule has 0 radical (unpaired) electrons. The average molecular weight is 282 g/mol. The van der Waals surface area contributed by atoms with Gasteiger partial charge in [0.2, 0.25) is 0 Å². The lowest BCUT2D eigenvalue weighted by Crippen LogP contribution is -2.24. The van der Waals surface area contributed by atoms with Crippen molar-refractivity contribution in [2.75, 3.05) is 24.5 Å². The molecule has 0 spiro atoms. The molecule has 0 unspecified atom stereocenters. The number of nitrogens with zero attached hydrogens (tertiary/aromatic N) is 1. The highest BCUT2D eigenvalue weighted by Gasteiger charge is 2.04. The molecule has 1 aromatic carbocycles. The quantitative estimate of drug-likeness (QED) is 0.638. The first-order valence-electron chi connectivity index (χ1n) is 6.52. The van der Waals surface area contributed by atoms with Crippen molar-refractivity contribution < 1.29 is 0 Å². The number of rotatable bonds is 2. The molecule has 1 N–H and O–H groups in total. The lowest BCUT2D eigenvalue weighted by atomic mass is 10.2. The summed E-state index contributed by atoms with van der Waals surface area (Å²) in [5.74, 6) is 0. The van der Waals surface area contributed by atoms with Crippen molar-refractivity contribution in [2.24, 2.45) is 0 Å². The standard InChI is InChI=1S/C9H11NS2.C5H11N/c1-2-10(9(11)12)8-6-4-3-5-7-8;1-2-4-6-5-3-1/h3-7H,2H2,1H3,(H,11,12);6H,1-5H2. The normalized spacial score (nSPS) is 14.3. The fourth-order valence-electron chi connectivity index (χ4n) is 1.84. The van der Waals surface area contributed by atoms with E-state index in [0.717, 1.165) is 12.2 Å². The van der Waals surface area contributed by atoms with Crippen molar-refractivity contribution in [3.8, 4) is 0 Å². The fraction of sp³-hybridized carbons (Fsp3) is 0.500. The first kappa shape index (κ1) is 15.5. The number of thiocarbonyl (C=S) groups is 1. The van der Waals surface area contributed by atoms with Gasteiger partial charge in [-0.15, -0.1) is 12.6 Å². The number of hydrogen-bond acceptors (Lipinski definition) is 2. The molecule has 1 fully saturated rings. The highest BCUT2D eigenvalue weighted by Crippen LogP contribution is 2.14. The number of para-hydroxylation sites is 1. The number of thiol groups is 1. The third kappa shape index (κ3) is 5.85. The van der Waals surface area contributed by atoms with Crippen LogP contribution in [-0.4, -0.2) is 24.0 Å². The topological polar surface area (TPSA) is 15.3 Å². The molecule has 1 heterocycles. The van der Waals surface area contributed by atoms with Crippen LogP contribution in [0.1, 0.15) is 26.2 Å². The van der Waals surface area contributed by atoms with Gasteiger partial charge in [-0.1, -0.05) is 36.8 Å². The SMILES string of the molecule is C1CCNCC1.CCN(C(=S)S)c1ccccc1. The molecule has 0 aromatic heterocycles. The molecule has 100 valence electrons. The summed E-state index contributed by atoms with van der Waals surface area (Å²) in [5, 5.41) is 3.28. The van der Waals surface area contributed by atoms with Crippen LogP contribution in [0.5, 0.6) is 0 Å². The van der Waals surface area contributed by atoms with Crippen LogP contribution in [0.25, 0.3) is 0 Å². The molecule has 2 rings (SSSR count). The second-order valence-electron chi connectivity index (χ2n) is 4.17. The number of nitrogens with one attached hydrogen (secondary N) is 1. The van der Waals surface area contributed by atoms with Crippen LogP contribution in [0.4, 0.5) is 5.69 Å². The van der Waals surface area contributed by atoms with Gasteiger partial charge in [-0.05, 0) is 45.0 Å². The zero-order valence-corrected chi connectivity index (χ0v) is 12.6. The van der Waals surface area contributed by atoms with E-state index in [-0.39, 0.29) is 0 Å². The lowest BCUT2D eigenvalue weighted by Gasteiger charge is -2.20. The van der Waals surface area contributed by atoms with Crippen LogP contribution < -0.4 is 10.2 Å². The molecular formula is C14H22N2S2. The Morgan fingerprint density at radius 1 is 1.22 bits per heavy atom. The average Bonchev–Trinajstić information content (AvgIpc) is 2.43. The van der Waals surface area contributed by atoms with E-state index in [1.807, 2.05) is 35.2 Å². The van der Waals surface area contributed by atoms with Gasteiger partial charge in [-0.25, -0.2) is 0 Å². The summed E-state index contributed by atoms with van der Waals surface area (Å²) in [6, 6.07) is 10.0. The predicted molar refractivity (Wildman–Crippen MR) is 87.8 cm³/mol. The molecule has 1 aliphatic heterocycles. The van der Waals surface area contributed by atoms with E-state index in [4.69, 9.17) is 12.2 Å². The van der Waals surface area contributed by atoms with E-state index < -0.39 is 0 Å². The van der Waals surface area contributed by atoms with Gasteiger partial charge < -0.3 is 10.2 Å². The second kappa shape index (κ2) is 9.36. The number of piperidine rings is 1. The first-order chi connectivity index (χ1) is 8.75. The maximum absolute atomic E-state index is 4.99. The molecule has 2 nitrogen and oxygen atoms in total. The van der Waals surface area contributed by atoms with E-state index in [1.165, 1.54) is 32.4 Å². The van der Waals surface area contributed by atoms with Crippen molar-refractivity contribution in [2.45, 2.75) is 26.2 Å². The van der Waals surface area contributed by atoms with Crippen molar-refractivity contribution >= 4 is 34.9 Å². The molecule has 0 amide bonds. The van der Waals surface area contributed by atoms with E-state index in [2.05, 4.69) is 24.9 Å². The zero-order chi connectivity index (χ0) is 13.2. The molecule has 0 saturated carbocycles. The molecule has 18 heavy (non-hydrogen) atoms. The molecule has 1 aliphatic rings. The zero-order valence-electron chi connectivity index (χ0n) is 10.9. The molecule has 4 heteroatoms. The third-order valence-corrected chi connectivity index (χ3v) is 3.28. The maximum Gasteiger partial charge on any atom is 0.137 e. The molecule has 1 saturated heterocycles. The number of hydrogen-bond donors (Lipinski definition) is 2. The van der Waals surface area contributed by atoms with Crippen LogP contribution in [0.2, 0.25) is 0 Å². The van der Waals surface area contributed by atoms with Crippen LogP contribution in [0.3, 0.4) is 0 Å². The Kier molecular flexibility index (Phi) is 8.05. The van der Waals surface area contributed by atoms with E-state index in [1.54, 1.807) is 0 Å². The van der Waals surface area contributed by atoms with Gasteiger partial charge in [0.25, 0.3) is 0 Å². The van der Waals surface area contributed by atoms with Gasteiger partial charge in [0.1, 0.15) is 4.32 Å². The summed E-state index contributed by atoms with van der Waals surface area (Å²) in [7, 11) is 0. The van der Waals surface area contributed by atoms with Crippen molar-refractivity contribution in [1.29, 1.82) is 0 Å². The molecule has 0 aliphatic carbocycles. The Morgan fingerprint density at radius 2 is 1.83 bits per heavy atom. The van der Waals surface area contributed by atoms with E-state index in [0.29, 0.717) is 4.32 Å². The van der Waals surface area contributed by atoms with Gasteiger partial charge in [-0.2, -0.15) is 0 Å². The van der Waals surface area contributed by atoms with Crippen molar-refractivity contribution in [1.82, 2.24) is 5.32 Å². The van der Waals surface area contributed by atoms with Crippen LogP contribution in [0.15, 0.2) is 30.3 Å². The summed E-state index contributed by atoms with van der Waals surface area (Å²) in [6.45, 7) is 5.40. The first-order valence-corrected chi connectivity index (χ1v) is 7.37. The summed E-state index contributed by atoms with van der Waals surface area (Å²) in [4.78, 5) is 1.97. The Balaban J connectivity index is 0.000000225. The molecular weight excluding hydrogens is 260 g/mol. The summed E-state index contributed by atoms with van der Waals surface area (Å²) in [6.07, 6.45) is 4.22. The largest absolute Gasteiger partial charge is 0.328 e. The van der Waals surface area contributed by atoms with Crippen molar-refractivity contribution in [3.05, 3.63) is 30.3 Å². The Labute approximate surface area is 121 Å². The van der Waals surface area contributed by atoms with Gasteiger partial charge >= 0.3 is 0 Å². The number of anilines is 1. The minimum atomic E-state index is 0.615. The van der Waals surface area contributed by atoms with E-state index >= 15 is 0 Å². The van der Waals surface area contributed by atoms with Gasteiger partial charge in [0.05, 0.1) is 0 Å². The highest BCUT2D eigenvalue weighted by atomic mass is 32.1. The second-order valence-corrected chi connectivity index (χ2v) is 5.29. The summed E-state index contributed by atoms with van der Waals surface area (Å²) < 4.78 is 0.615. The van der Waals surface area contributed by atoms with Crippen LogP contribution in [0, 0.1) is 0 Å². The van der Waals surface area contributed by atoms with Crippen LogP contribution in [-0.2, 0) is 0 Å². The molecule has 1 aromatic rings. The minimum Gasteiger partial charge on any atom is -0.328 e. The van der Waals surface area contributed by atoms with Gasteiger partial charge in [0.15, 0.2) is 0 Å². The predicted octanol–water partition coefficient (Wildman–Crippen LogP) is 3.49. The maximum atomic E-state index is 4.99. The summed E-state index contributed by atoms with van der Waals surface area (Å²) >= 11 is 9.13. The molecule has 0 bridgehead atoms. The fourth-order valence-corrected chi connectivity index (χ4v) is 2.33. The molecule has 0 atom stereocenters. The third-order valence-electron chi connectivity index (χ3n) is 2.82. The Bertz CT molecular complexity index is 325. The highest BCUT2D eigenvalue weighted by molar-refractivity contribution is 8.11. The van der Waals surface area contributed by atoms with Crippen molar-refractivity contribution in [3.63, 3.8) is 0 Å². The smallest absolute Gasteiger partial charge is 0.137 e. The lowest BCUT2D eigenvalue weighted by molar-refractivity contribution is 0.520. The number of benzene rings is 1. The summed E-state index contributed by atoms with van der Waals surface area (Å²) in [5.41, 5.74) is 1.10. The minimum absolute atomic E-state index is 0.615. The monoisotopic (exact) mass is 282 g/mol.